The molecule has 198 valence electrons. The van der Waals surface area contributed by atoms with Crippen molar-refractivity contribution in [3.63, 3.8) is 0 Å². The summed E-state index contributed by atoms with van der Waals surface area (Å²) >= 11 is 0. The summed E-state index contributed by atoms with van der Waals surface area (Å²) in [6.45, 7) is 0. The fourth-order valence-corrected chi connectivity index (χ4v) is 12.6. The quantitative estimate of drug-likeness (QED) is 0.360. The number of hydrogen-bond acceptors (Lipinski definition) is 0. The zero-order chi connectivity index (χ0) is 27.2. The third kappa shape index (κ3) is 3.33. The molecule has 0 nitrogen and oxygen atoms in total. The Morgan fingerprint density at radius 3 is 1.50 bits per heavy atom. The van der Waals surface area contributed by atoms with Gasteiger partial charge in [-0.25, -0.2) is 0 Å². The highest BCUT2D eigenvalue weighted by Crippen LogP contribution is 2.80. The maximum atomic E-state index is 6.02. The van der Waals surface area contributed by atoms with Crippen molar-refractivity contribution < 1.29 is 0 Å². The second kappa shape index (κ2) is 8.59. The van der Waals surface area contributed by atoms with Gasteiger partial charge in [-0.2, -0.15) is 0 Å². The van der Waals surface area contributed by atoms with E-state index in [2.05, 4.69) is 47.9 Å². The van der Waals surface area contributed by atoms with Gasteiger partial charge in [-0.3, -0.25) is 0 Å². The van der Waals surface area contributed by atoms with Crippen LogP contribution in [0.15, 0.2) is 36.4 Å². The van der Waals surface area contributed by atoms with Crippen LogP contribution in [0.25, 0.3) is 0 Å². The van der Waals surface area contributed by atoms with Crippen LogP contribution in [0.2, 0.25) is 0 Å². The summed E-state index contributed by atoms with van der Waals surface area (Å²) in [6, 6.07) is 13.2. The van der Waals surface area contributed by atoms with Gasteiger partial charge in [0.15, 0.2) is 0 Å². The van der Waals surface area contributed by atoms with Gasteiger partial charge >= 0.3 is 0 Å². The maximum Gasteiger partial charge on any atom is 0.0257 e. The lowest BCUT2D eigenvalue weighted by molar-refractivity contribution is -0.217. The molecule has 0 saturated heterocycles. The number of hydrogen-bond donors (Lipinski definition) is 0. The molecule has 2 aromatic rings. The van der Waals surface area contributed by atoms with E-state index in [1.165, 1.54) is 75.3 Å². The number of benzene rings is 2. The smallest absolute Gasteiger partial charge is 0.0257 e. The Labute approximate surface area is 241 Å². The zero-order valence-electron chi connectivity index (χ0n) is 23.5. The molecule has 40 heavy (non-hydrogen) atoms. The Morgan fingerprint density at radius 1 is 0.525 bits per heavy atom. The van der Waals surface area contributed by atoms with E-state index in [-0.39, 0.29) is 0 Å². The molecule has 8 bridgehead atoms. The van der Waals surface area contributed by atoms with Crippen molar-refractivity contribution in [2.45, 2.75) is 76.0 Å². The van der Waals surface area contributed by atoms with Crippen molar-refractivity contribution >= 4 is 0 Å². The average Bonchev–Trinajstić information content (AvgIpc) is 2.95. The van der Waals surface area contributed by atoms with Crippen molar-refractivity contribution in [1.82, 2.24) is 0 Å². The molecule has 0 heteroatoms. The lowest BCUT2D eigenvalue weighted by Gasteiger charge is -2.74. The molecule has 10 rings (SSSR count). The van der Waals surface area contributed by atoms with Crippen molar-refractivity contribution in [1.29, 1.82) is 0 Å². The minimum atomic E-state index is 0.341. The van der Waals surface area contributed by atoms with E-state index < -0.39 is 0 Å². The molecule has 0 heterocycles. The molecule has 0 aromatic heterocycles. The lowest BCUT2D eigenvalue weighted by Crippen LogP contribution is -2.65. The summed E-state index contributed by atoms with van der Waals surface area (Å²) in [4.78, 5) is 0. The van der Waals surface area contributed by atoms with Crippen LogP contribution in [-0.4, -0.2) is 0 Å². The van der Waals surface area contributed by atoms with Crippen LogP contribution in [0.3, 0.4) is 0 Å². The Bertz CT molecular complexity index is 1470. The molecule has 0 spiro atoms. The molecule has 8 saturated carbocycles. The normalized spacial score (nSPS) is 41.6. The van der Waals surface area contributed by atoms with Gasteiger partial charge in [0.1, 0.15) is 0 Å². The summed E-state index contributed by atoms with van der Waals surface area (Å²) in [5, 5.41) is 0. The summed E-state index contributed by atoms with van der Waals surface area (Å²) in [5.74, 6) is 17.6. The highest BCUT2D eigenvalue weighted by atomic mass is 14.7. The van der Waals surface area contributed by atoms with E-state index in [4.69, 9.17) is 25.7 Å². The minimum Gasteiger partial charge on any atom is -0.115 e. The molecule has 8 aliphatic rings. The molecule has 8 fully saturated rings. The molecule has 2 aromatic carbocycles. The highest BCUT2D eigenvalue weighted by Gasteiger charge is 2.70. The third-order valence-corrected chi connectivity index (χ3v) is 12.9. The van der Waals surface area contributed by atoms with Crippen LogP contribution in [0.4, 0.5) is 0 Å². The monoisotopic (exact) mass is 518 g/mol. The second-order valence-corrected chi connectivity index (χ2v) is 14.8. The summed E-state index contributed by atoms with van der Waals surface area (Å²) < 4.78 is 0. The number of rotatable bonds is 3. The van der Waals surface area contributed by atoms with Crippen LogP contribution < -0.4 is 0 Å². The van der Waals surface area contributed by atoms with Crippen molar-refractivity contribution in [3.05, 3.63) is 69.8 Å². The van der Waals surface area contributed by atoms with Crippen molar-refractivity contribution in [3.8, 4) is 49.4 Å². The van der Waals surface area contributed by atoms with E-state index in [1.807, 2.05) is 12.1 Å². The van der Waals surface area contributed by atoms with Gasteiger partial charge in [0, 0.05) is 22.3 Å². The third-order valence-electron chi connectivity index (χ3n) is 12.9. The molecular formula is C40H38. The first kappa shape index (κ1) is 24.5. The number of terminal acetylenes is 4. The average molecular weight is 519 g/mol. The zero-order valence-corrected chi connectivity index (χ0v) is 23.5. The molecule has 0 aliphatic heterocycles. The van der Waals surface area contributed by atoms with E-state index in [0.717, 1.165) is 45.9 Å². The summed E-state index contributed by atoms with van der Waals surface area (Å²) in [6.07, 6.45) is 38.1. The molecule has 8 aliphatic carbocycles. The van der Waals surface area contributed by atoms with Crippen LogP contribution >= 0.6 is 0 Å². The van der Waals surface area contributed by atoms with E-state index >= 15 is 0 Å². The topological polar surface area (TPSA) is 0 Å². The Morgan fingerprint density at radius 2 is 1.00 bits per heavy atom. The van der Waals surface area contributed by atoms with E-state index in [1.54, 1.807) is 0 Å². The van der Waals surface area contributed by atoms with Crippen LogP contribution in [0.5, 0.6) is 0 Å². The summed E-state index contributed by atoms with van der Waals surface area (Å²) in [7, 11) is 0. The highest BCUT2D eigenvalue weighted by molar-refractivity contribution is 5.50. The Balaban J connectivity index is 1.33. The molecule has 0 N–H and O–H groups in total. The summed E-state index contributed by atoms with van der Waals surface area (Å²) in [5.41, 5.74) is 7.28. The molecule has 6 unspecified atom stereocenters. The first-order valence-corrected chi connectivity index (χ1v) is 15.6. The molecular weight excluding hydrogens is 480 g/mol. The van der Waals surface area contributed by atoms with E-state index in [0.29, 0.717) is 34.5 Å². The van der Waals surface area contributed by atoms with Gasteiger partial charge in [0.2, 0.25) is 0 Å². The maximum absolute atomic E-state index is 6.02. The second-order valence-electron chi connectivity index (χ2n) is 14.8. The SMILES string of the molecule is C#Cc1cc(C#C)cc(C2C3CC4CC2C(c2cc(C#C)cc(C#C)c2)C(C25CC6CC(CC(C6)C2)C5)(C4)C3)c1. The molecule has 0 radical (unpaired) electrons. The fraction of sp³-hybridized carbons (Fsp3) is 0.500. The predicted molar refractivity (Wildman–Crippen MR) is 162 cm³/mol. The minimum absolute atomic E-state index is 0.341. The first-order valence-electron chi connectivity index (χ1n) is 15.6. The van der Waals surface area contributed by atoms with Crippen molar-refractivity contribution in [2.24, 2.45) is 46.3 Å². The predicted octanol–water partition coefficient (Wildman–Crippen LogP) is 8.13. The van der Waals surface area contributed by atoms with Gasteiger partial charge in [-0.05, 0) is 170 Å². The van der Waals surface area contributed by atoms with E-state index in [9.17, 15) is 0 Å². The van der Waals surface area contributed by atoms with Gasteiger partial charge in [0.25, 0.3) is 0 Å². The van der Waals surface area contributed by atoms with Crippen LogP contribution in [0.1, 0.15) is 109 Å². The Kier molecular flexibility index (Phi) is 5.26. The standard InChI is InChI=1S/C40H38/c1-5-25-9-26(6-2)15-33(14-25)37-35-18-32-19-36(37)38(34-16-27(7-3)10-28(8-4)17-34)40(23-32,24-35)39-20-29-11-30(21-39)13-31(12-29)22-39/h1-4,9-10,14-17,29-32,35-38H,11-13,18-24H2. The van der Waals surface area contributed by atoms with Gasteiger partial charge in [-0.1, -0.05) is 23.7 Å². The molecule has 6 atom stereocenters. The van der Waals surface area contributed by atoms with Gasteiger partial charge in [-0.15, -0.1) is 25.7 Å². The van der Waals surface area contributed by atoms with Gasteiger partial charge < -0.3 is 0 Å². The van der Waals surface area contributed by atoms with Gasteiger partial charge in [0.05, 0.1) is 0 Å². The first-order chi connectivity index (χ1) is 19.5. The largest absolute Gasteiger partial charge is 0.115 e. The fourth-order valence-electron chi connectivity index (χ4n) is 12.6. The lowest BCUT2D eigenvalue weighted by atomic mass is 9.30. The van der Waals surface area contributed by atoms with Crippen molar-refractivity contribution in [2.75, 3.05) is 0 Å². The molecule has 0 amide bonds. The van der Waals surface area contributed by atoms with Crippen LogP contribution in [-0.2, 0) is 0 Å². The Hall–Kier alpha value is -3.32. The van der Waals surface area contributed by atoms with Crippen LogP contribution in [0, 0.1) is 95.7 Å².